The van der Waals surface area contributed by atoms with Crippen LogP contribution < -0.4 is 4.90 Å². The van der Waals surface area contributed by atoms with Crippen molar-refractivity contribution in [1.82, 2.24) is 4.90 Å². The van der Waals surface area contributed by atoms with Gasteiger partial charge in [-0.15, -0.1) is 11.3 Å². The molecule has 1 aliphatic rings. The van der Waals surface area contributed by atoms with Crippen molar-refractivity contribution in [3.63, 3.8) is 0 Å². The Morgan fingerprint density at radius 2 is 2.15 bits per heavy atom. The summed E-state index contributed by atoms with van der Waals surface area (Å²) in [5, 5.41) is 12.9. The number of hydrogen-bond donors (Lipinski definition) is 0. The number of nitro benzene ring substituents is 1. The van der Waals surface area contributed by atoms with Gasteiger partial charge in [0.05, 0.1) is 21.2 Å². The smallest absolute Gasteiger partial charge is 0.270 e. The van der Waals surface area contributed by atoms with E-state index in [1.807, 2.05) is 30.4 Å². The molecule has 0 radical (unpaired) electrons. The van der Waals surface area contributed by atoms with Crippen LogP contribution in [-0.4, -0.2) is 36.4 Å². The number of nitrogens with zero attached hydrogens (tertiary/aromatic N) is 3. The third-order valence-electron chi connectivity index (χ3n) is 4.14. The van der Waals surface area contributed by atoms with E-state index >= 15 is 0 Å². The van der Waals surface area contributed by atoms with Crippen molar-refractivity contribution < 1.29 is 9.72 Å². The molecule has 0 atom stereocenters. The van der Waals surface area contributed by atoms with Gasteiger partial charge >= 0.3 is 0 Å². The Morgan fingerprint density at radius 3 is 2.81 bits per heavy atom. The van der Waals surface area contributed by atoms with Gasteiger partial charge in [-0.2, -0.15) is 0 Å². The first-order valence-corrected chi connectivity index (χ1v) is 9.30. The van der Waals surface area contributed by atoms with Crippen LogP contribution in [0.5, 0.6) is 0 Å². The minimum Gasteiger partial charge on any atom is -0.384 e. The summed E-state index contributed by atoms with van der Waals surface area (Å²) in [5.41, 5.74) is 2.28. The van der Waals surface area contributed by atoms with E-state index < -0.39 is 4.92 Å². The zero-order valence-electron chi connectivity index (χ0n) is 14.4. The molecule has 2 heterocycles. The lowest BCUT2D eigenvalue weighted by Crippen LogP contribution is -2.31. The lowest BCUT2D eigenvalue weighted by atomic mass is 10.1. The van der Waals surface area contributed by atoms with Gasteiger partial charge in [0, 0.05) is 44.1 Å². The van der Waals surface area contributed by atoms with Crippen LogP contribution in [0.15, 0.2) is 41.4 Å². The molecular weight excluding hydrogens is 374 g/mol. The standard InChI is InChI=1S/C18H18ClN3O3S/c1-20(2)11-12-5-7-21(16-6-8-26-17(16)9-12)18(23)14-4-3-13(22(24)25)10-15(14)19/h3-4,6,8,10-11H,5,7,9H2,1-2H3/b12-11-. The summed E-state index contributed by atoms with van der Waals surface area (Å²) in [4.78, 5) is 28.3. The number of carbonyl (C=O) groups is 1. The second kappa shape index (κ2) is 7.47. The van der Waals surface area contributed by atoms with Gasteiger partial charge in [0.15, 0.2) is 0 Å². The van der Waals surface area contributed by atoms with Crippen LogP contribution in [0.4, 0.5) is 11.4 Å². The fraction of sp³-hybridized carbons (Fsp3) is 0.278. The molecule has 6 nitrogen and oxygen atoms in total. The van der Waals surface area contributed by atoms with Crippen molar-refractivity contribution in [1.29, 1.82) is 0 Å². The Labute approximate surface area is 160 Å². The Bertz CT molecular complexity index is 892. The molecule has 26 heavy (non-hydrogen) atoms. The van der Waals surface area contributed by atoms with Crippen molar-refractivity contribution in [2.45, 2.75) is 12.8 Å². The number of thiophene rings is 1. The summed E-state index contributed by atoms with van der Waals surface area (Å²) in [6.07, 6.45) is 3.66. The zero-order chi connectivity index (χ0) is 18.8. The quantitative estimate of drug-likeness (QED) is 0.576. The van der Waals surface area contributed by atoms with Crippen LogP contribution in [0.2, 0.25) is 5.02 Å². The van der Waals surface area contributed by atoms with E-state index in [9.17, 15) is 14.9 Å². The largest absolute Gasteiger partial charge is 0.384 e. The number of hydrogen-bond acceptors (Lipinski definition) is 5. The number of amides is 1. The third-order valence-corrected chi connectivity index (χ3v) is 5.36. The van der Waals surface area contributed by atoms with E-state index in [1.165, 1.54) is 23.8 Å². The molecule has 0 unspecified atom stereocenters. The second-order valence-electron chi connectivity index (χ2n) is 6.28. The highest BCUT2D eigenvalue weighted by Crippen LogP contribution is 2.35. The number of nitro groups is 1. The van der Waals surface area contributed by atoms with E-state index in [0.717, 1.165) is 23.4 Å². The van der Waals surface area contributed by atoms with Crippen LogP contribution >= 0.6 is 22.9 Å². The normalized spacial score (nSPS) is 15.5. The molecule has 0 fully saturated rings. The summed E-state index contributed by atoms with van der Waals surface area (Å²) in [6.45, 7) is 0.537. The topological polar surface area (TPSA) is 66.7 Å². The molecule has 136 valence electrons. The molecule has 0 spiro atoms. The van der Waals surface area contributed by atoms with Gasteiger partial charge in [0.2, 0.25) is 0 Å². The fourth-order valence-corrected chi connectivity index (χ4v) is 4.18. The van der Waals surface area contributed by atoms with Gasteiger partial charge in [-0.05, 0) is 35.7 Å². The van der Waals surface area contributed by atoms with Crippen LogP contribution in [0.3, 0.4) is 0 Å². The maximum atomic E-state index is 13.1. The van der Waals surface area contributed by atoms with Crippen molar-refractivity contribution in [2.24, 2.45) is 0 Å². The molecule has 0 bridgehead atoms. The SMILES string of the molecule is CN(C)/C=C1/CCN(C(=O)c2ccc([N+](=O)[O-])cc2Cl)c2ccsc2C1. The van der Waals surface area contributed by atoms with E-state index in [1.54, 1.807) is 16.2 Å². The first kappa shape index (κ1) is 18.4. The molecule has 2 aromatic rings. The van der Waals surface area contributed by atoms with Crippen molar-refractivity contribution >= 4 is 40.2 Å². The number of non-ortho nitro benzene ring substituents is 1. The van der Waals surface area contributed by atoms with E-state index in [0.29, 0.717) is 6.54 Å². The summed E-state index contributed by atoms with van der Waals surface area (Å²) in [7, 11) is 3.96. The molecule has 8 heteroatoms. The first-order valence-electron chi connectivity index (χ1n) is 8.05. The highest BCUT2D eigenvalue weighted by Gasteiger charge is 2.26. The molecule has 0 N–H and O–H groups in total. The fourth-order valence-electron chi connectivity index (χ4n) is 3.00. The Kier molecular flexibility index (Phi) is 5.29. The highest BCUT2D eigenvalue weighted by atomic mass is 35.5. The van der Waals surface area contributed by atoms with Gasteiger partial charge in [0.1, 0.15) is 0 Å². The first-order chi connectivity index (χ1) is 12.4. The van der Waals surface area contributed by atoms with Crippen LogP contribution in [0, 0.1) is 10.1 Å². The van der Waals surface area contributed by atoms with Gasteiger partial charge in [-0.3, -0.25) is 14.9 Å². The van der Waals surface area contributed by atoms with Gasteiger partial charge in [-0.1, -0.05) is 11.6 Å². The number of carbonyl (C=O) groups excluding carboxylic acids is 1. The summed E-state index contributed by atoms with van der Waals surface area (Å²) in [6, 6.07) is 5.90. The highest BCUT2D eigenvalue weighted by molar-refractivity contribution is 7.10. The van der Waals surface area contributed by atoms with Crippen LogP contribution in [0.1, 0.15) is 21.7 Å². The van der Waals surface area contributed by atoms with Crippen molar-refractivity contribution in [3.05, 3.63) is 67.0 Å². The molecule has 1 aromatic carbocycles. The number of fused-ring (bicyclic) bond motifs is 1. The second-order valence-corrected chi connectivity index (χ2v) is 7.69. The van der Waals surface area contributed by atoms with Gasteiger partial charge < -0.3 is 9.80 Å². The third kappa shape index (κ3) is 3.73. The molecule has 3 rings (SSSR count). The molecule has 0 saturated carbocycles. The molecule has 0 saturated heterocycles. The minimum atomic E-state index is -0.526. The lowest BCUT2D eigenvalue weighted by Gasteiger charge is -2.21. The van der Waals surface area contributed by atoms with Gasteiger partial charge in [0.25, 0.3) is 11.6 Å². The molecule has 0 aliphatic carbocycles. The number of halogens is 1. The maximum Gasteiger partial charge on any atom is 0.270 e. The summed E-state index contributed by atoms with van der Waals surface area (Å²) in [5.74, 6) is -0.240. The molecular formula is C18H18ClN3O3S. The Balaban J connectivity index is 1.94. The minimum absolute atomic E-state index is 0.0919. The monoisotopic (exact) mass is 391 g/mol. The van der Waals surface area contributed by atoms with E-state index in [2.05, 4.69) is 6.20 Å². The van der Waals surface area contributed by atoms with E-state index in [-0.39, 0.29) is 22.2 Å². The number of benzene rings is 1. The maximum absolute atomic E-state index is 13.1. The average Bonchev–Trinajstić information content (AvgIpc) is 2.95. The van der Waals surface area contributed by atoms with E-state index in [4.69, 9.17) is 11.6 Å². The lowest BCUT2D eigenvalue weighted by molar-refractivity contribution is -0.384. The van der Waals surface area contributed by atoms with Crippen LogP contribution in [0.25, 0.3) is 0 Å². The van der Waals surface area contributed by atoms with Crippen molar-refractivity contribution in [3.8, 4) is 0 Å². The Morgan fingerprint density at radius 1 is 1.38 bits per heavy atom. The molecule has 1 amide bonds. The Hall–Kier alpha value is -2.38. The average molecular weight is 392 g/mol. The summed E-state index contributed by atoms with van der Waals surface area (Å²) < 4.78 is 0. The number of rotatable bonds is 3. The van der Waals surface area contributed by atoms with Crippen molar-refractivity contribution in [2.75, 3.05) is 25.5 Å². The zero-order valence-corrected chi connectivity index (χ0v) is 16.0. The van der Waals surface area contributed by atoms with Crippen LogP contribution in [-0.2, 0) is 6.42 Å². The van der Waals surface area contributed by atoms with Gasteiger partial charge in [-0.25, -0.2) is 0 Å². The number of anilines is 1. The predicted octanol–water partition coefficient (Wildman–Crippen LogP) is 4.35. The predicted molar refractivity (Wildman–Crippen MR) is 104 cm³/mol. The molecule has 1 aromatic heterocycles. The summed E-state index contributed by atoms with van der Waals surface area (Å²) >= 11 is 7.78. The molecule has 1 aliphatic heterocycles.